The number of rotatable bonds is 2. The van der Waals surface area contributed by atoms with Gasteiger partial charge in [0, 0.05) is 22.6 Å². The van der Waals surface area contributed by atoms with E-state index in [1.807, 2.05) is 6.92 Å². The molecule has 2 heterocycles. The summed E-state index contributed by atoms with van der Waals surface area (Å²) in [5.41, 5.74) is 1.78. The maximum absolute atomic E-state index is 11.9. The molecule has 0 aliphatic carbocycles. The van der Waals surface area contributed by atoms with Gasteiger partial charge in [0.2, 0.25) is 0 Å². The second-order valence-corrected chi connectivity index (χ2v) is 4.91. The lowest BCUT2D eigenvalue weighted by Gasteiger charge is -2.06. The maximum Gasteiger partial charge on any atom is 0.257 e. The van der Waals surface area contributed by atoms with Gasteiger partial charge in [-0.3, -0.25) is 9.78 Å². The van der Waals surface area contributed by atoms with Gasteiger partial charge in [0.25, 0.3) is 5.91 Å². The van der Waals surface area contributed by atoms with Gasteiger partial charge in [-0.25, -0.2) is 4.98 Å². The lowest BCUT2D eigenvalue weighted by Crippen LogP contribution is -2.12. The number of aryl methyl sites for hydroxylation is 1. The first-order valence-corrected chi connectivity index (χ1v) is 6.28. The van der Waals surface area contributed by atoms with Gasteiger partial charge in [-0.15, -0.1) is 0 Å². The number of carbonyl (C=O) groups is 1. The van der Waals surface area contributed by atoms with E-state index in [1.54, 1.807) is 24.4 Å². The summed E-state index contributed by atoms with van der Waals surface area (Å²) in [4.78, 5) is 19.9. The van der Waals surface area contributed by atoms with Crippen LogP contribution in [0, 0.1) is 6.92 Å². The molecule has 0 unspecified atom stereocenters. The molecule has 2 aromatic heterocycles. The monoisotopic (exact) mass is 325 g/mol. The topological polar surface area (TPSA) is 54.9 Å². The van der Waals surface area contributed by atoms with Crippen LogP contribution in [0.15, 0.2) is 35.1 Å². The Morgan fingerprint density at radius 3 is 2.78 bits per heavy atom. The standard InChI is InChI=1S/C12H9BrClN3O/c1-7-2-3-8(5-15-7)12(18)17-10-4-9(13)6-16-11(10)14/h2-6H,1H3,(H,17,18). The number of aromatic nitrogens is 2. The van der Waals surface area contributed by atoms with E-state index >= 15 is 0 Å². The fourth-order valence-corrected chi connectivity index (χ4v) is 1.79. The molecule has 1 amide bonds. The van der Waals surface area contributed by atoms with E-state index in [-0.39, 0.29) is 11.1 Å². The molecule has 1 N–H and O–H groups in total. The highest BCUT2D eigenvalue weighted by Gasteiger charge is 2.09. The number of pyridine rings is 2. The zero-order chi connectivity index (χ0) is 13.1. The van der Waals surface area contributed by atoms with Crippen LogP contribution in [0.3, 0.4) is 0 Å². The van der Waals surface area contributed by atoms with Gasteiger partial charge >= 0.3 is 0 Å². The van der Waals surface area contributed by atoms with Crippen LogP contribution in [0.5, 0.6) is 0 Å². The zero-order valence-electron chi connectivity index (χ0n) is 9.45. The fourth-order valence-electron chi connectivity index (χ4n) is 1.31. The number of anilines is 1. The normalized spacial score (nSPS) is 10.2. The molecule has 0 saturated heterocycles. The number of nitrogens with one attached hydrogen (secondary N) is 1. The number of halogens is 2. The minimum Gasteiger partial charge on any atom is -0.319 e. The van der Waals surface area contributed by atoms with Crippen LogP contribution in [-0.2, 0) is 0 Å². The quantitative estimate of drug-likeness (QED) is 0.860. The molecule has 18 heavy (non-hydrogen) atoms. The van der Waals surface area contributed by atoms with Crippen molar-refractivity contribution < 1.29 is 4.79 Å². The van der Waals surface area contributed by atoms with Crippen molar-refractivity contribution in [3.63, 3.8) is 0 Å². The molecule has 0 fully saturated rings. The maximum atomic E-state index is 11.9. The van der Waals surface area contributed by atoms with E-state index in [9.17, 15) is 4.79 Å². The largest absolute Gasteiger partial charge is 0.319 e. The molecule has 0 saturated carbocycles. The van der Waals surface area contributed by atoms with Crippen LogP contribution in [-0.4, -0.2) is 15.9 Å². The lowest BCUT2D eigenvalue weighted by molar-refractivity contribution is 0.102. The molecule has 0 bridgehead atoms. The predicted octanol–water partition coefficient (Wildman–Crippen LogP) is 3.45. The second-order valence-electron chi connectivity index (χ2n) is 3.63. The van der Waals surface area contributed by atoms with Crippen LogP contribution in [0.4, 0.5) is 5.69 Å². The summed E-state index contributed by atoms with van der Waals surface area (Å²) in [6.45, 7) is 1.86. The molecule has 2 aromatic rings. The summed E-state index contributed by atoms with van der Waals surface area (Å²) >= 11 is 9.16. The van der Waals surface area contributed by atoms with E-state index in [4.69, 9.17) is 11.6 Å². The van der Waals surface area contributed by atoms with Crippen molar-refractivity contribution in [3.8, 4) is 0 Å². The molecule has 2 rings (SSSR count). The van der Waals surface area contributed by atoms with Crippen molar-refractivity contribution in [2.75, 3.05) is 5.32 Å². The van der Waals surface area contributed by atoms with E-state index in [2.05, 4.69) is 31.2 Å². The molecule has 0 atom stereocenters. The highest BCUT2D eigenvalue weighted by molar-refractivity contribution is 9.10. The number of hydrogen-bond donors (Lipinski definition) is 1. The Kier molecular flexibility index (Phi) is 3.93. The summed E-state index contributed by atoms with van der Waals surface area (Å²) in [7, 11) is 0. The van der Waals surface area contributed by atoms with E-state index in [1.165, 1.54) is 6.20 Å². The van der Waals surface area contributed by atoms with Gasteiger partial charge in [-0.1, -0.05) is 11.6 Å². The smallest absolute Gasteiger partial charge is 0.257 e. The molecule has 0 aromatic carbocycles. The SMILES string of the molecule is Cc1ccc(C(=O)Nc2cc(Br)cnc2Cl)cn1. The third-order valence-electron chi connectivity index (χ3n) is 2.23. The molecule has 92 valence electrons. The Labute approximate surface area is 118 Å². The lowest BCUT2D eigenvalue weighted by atomic mass is 10.2. The minimum absolute atomic E-state index is 0.242. The molecule has 0 aliphatic heterocycles. The van der Waals surface area contributed by atoms with Gasteiger partial charge in [0.1, 0.15) is 0 Å². The molecule has 0 spiro atoms. The molecule has 0 radical (unpaired) electrons. The van der Waals surface area contributed by atoms with Gasteiger partial charge in [0.15, 0.2) is 5.15 Å². The molecule has 0 aliphatic rings. The summed E-state index contributed by atoms with van der Waals surface area (Å²) < 4.78 is 0.740. The first-order chi connectivity index (χ1) is 8.56. The first-order valence-electron chi connectivity index (χ1n) is 5.11. The Morgan fingerprint density at radius 2 is 2.11 bits per heavy atom. The van der Waals surface area contributed by atoms with Crippen LogP contribution < -0.4 is 5.32 Å². The van der Waals surface area contributed by atoms with Crippen LogP contribution >= 0.6 is 27.5 Å². The molecule has 6 heteroatoms. The predicted molar refractivity (Wildman–Crippen MR) is 73.9 cm³/mol. The van der Waals surface area contributed by atoms with Gasteiger partial charge in [-0.2, -0.15) is 0 Å². The molecule has 4 nitrogen and oxygen atoms in total. The van der Waals surface area contributed by atoms with Gasteiger partial charge in [0.05, 0.1) is 11.3 Å². The average Bonchev–Trinajstić information content (AvgIpc) is 2.34. The Hall–Kier alpha value is -1.46. The Bertz CT molecular complexity index is 586. The van der Waals surface area contributed by atoms with Crippen molar-refractivity contribution in [1.82, 2.24) is 9.97 Å². The zero-order valence-corrected chi connectivity index (χ0v) is 11.8. The third-order valence-corrected chi connectivity index (χ3v) is 2.96. The summed E-state index contributed by atoms with van der Waals surface area (Å²) in [5, 5.41) is 2.93. The van der Waals surface area contributed by atoms with E-state index in [0.717, 1.165) is 10.2 Å². The van der Waals surface area contributed by atoms with Gasteiger partial charge in [-0.05, 0) is 41.1 Å². The third kappa shape index (κ3) is 3.05. The van der Waals surface area contributed by atoms with Crippen molar-refractivity contribution in [1.29, 1.82) is 0 Å². The van der Waals surface area contributed by atoms with E-state index in [0.29, 0.717) is 11.3 Å². The molecular weight excluding hydrogens is 318 g/mol. The highest BCUT2D eigenvalue weighted by Crippen LogP contribution is 2.23. The number of amides is 1. The highest BCUT2D eigenvalue weighted by atomic mass is 79.9. The minimum atomic E-state index is -0.274. The number of hydrogen-bond acceptors (Lipinski definition) is 3. The number of carbonyl (C=O) groups excluding carboxylic acids is 1. The van der Waals surface area contributed by atoms with Crippen molar-refractivity contribution >= 4 is 39.1 Å². The van der Waals surface area contributed by atoms with E-state index < -0.39 is 0 Å². The Balaban J connectivity index is 2.21. The van der Waals surface area contributed by atoms with Crippen molar-refractivity contribution in [3.05, 3.63) is 51.5 Å². The summed E-state index contributed by atoms with van der Waals surface area (Å²) in [5.74, 6) is -0.274. The summed E-state index contributed by atoms with van der Waals surface area (Å²) in [6.07, 6.45) is 3.08. The Morgan fingerprint density at radius 1 is 1.33 bits per heavy atom. The summed E-state index contributed by atoms with van der Waals surface area (Å²) in [6, 6.07) is 5.17. The van der Waals surface area contributed by atoms with Gasteiger partial charge < -0.3 is 5.32 Å². The fraction of sp³-hybridized carbons (Fsp3) is 0.0833. The molecular formula is C12H9BrClN3O. The van der Waals surface area contributed by atoms with Crippen molar-refractivity contribution in [2.45, 2.75) is 6.92 Å². The first kappa shape index (κ1) is 13.0. The van der Waals surface area contributed by atoms with Crippen molar-refractivity contribution in [2.24, 2.45) is 0 Å². The second kappa shape index (κ2) is 5.46. The average molecular weight is 327 g/mol. The number of nitrogens with zero attached hydrogens (tertiary/aromatic N) is 2. The van der Waals surface area contributed by atoms with Crippen LogP contribution in [0.1, 0.15) is 16.1 Å². The van der Waals surface area contributed by atoms with Crippen LogP contribution in [0.25, 0.3) is 0 Å². The van der Waals surface area contributed by atoms with Crippen LogP contribution in [0.2, 0.25) is 5.15 Å².